The molecule has 1 aromatic heterocycles. The Bertz CT molecular complexity index is 1020. The Labute approximate surface area is 171 Å². The van der Waals surface area contributed by atoms with Crippen molar-refractivity contribution in [2.75, 3.05) is 31.6 Å². The van der Waals surface area contributed by atoms with Gasteiger partial charge >= 0.3 is 0 Å². The SMILES string of the molecule is N/C(=N\N1CCOCC1)c1c(Nc2ccc(Oc3ccccc3)cc2)s[nH]c1=O. The zero-order valence-corrected chi connectivity index (χ0v) is 16.4. The number of morpholine rings is 1. The highest BCUT2D eigenvalue weighted by Gasteiger charge is 2.17. The van der Waals surface area contributed by atoms with Crippen molar-refractivity contribution in [2.24, 2.45) is 10.8 Å². The van der Waals surface area contributed by atoms with Gasteiger partial charge in [0, 0.05) is 5.69 Å². The zero-order valence-electron chi connectivity index (χ0n) is 15.6. The molecule has 0 amide bonds. The Hall–Kier alpha value is -3.30. The maximum atomic E-state index is 12.3. The molecule has 0 radical (unpaired) electrons. The van der Waals surface area contributed by atoms with Crippen LogP contribution in [0, 0.1) is 0 Å². The van der Waals surface area contributed by atoms with Crippen LogP contribution in [0.3, 0.4) is 0 Å². The molecule has 0 aliphatic carbocycles. The first-order valence-corrected chi connectivity index (χ1v) is 9.99. The van der Waals surface area contributed by atoms with E-state index in [1.165, 1.54) is 11.5 Å². The first kappa shape index (κ1) is 19.0. The van der Waals surface area contributed by atoms with Crippen LogP contribution in [0.25, 0.3) is 0 Å². The van der Waals surface area contributed by atoms with Crippen LogP contribution in [0.1, 0.15) is 5.56 Å². The average molecular weight is 411 g/mol. The fourth-order valence-electron chi connectivity index (χ4n) is 2.84. The predicted octanol–water partition coefficient (Wildman–Crippen LogP) is 2.92. The summed E-state index contributed by atoms with van der Waals surface area (Å²) in [7, 11) is 0. The van der Waals surface area contributed by atoms with Gasteiger partial charge in [0.15, 0.2) is 5.84 Å². The molecule has 0 atom stereocenters. The van der Waals surface area contributed by atoms with Crippen molar-refractivity contribution in [3.63, 3.8) is 0 Å². The number of para-hydroxylation sites is 1. The summed E-state index contributed by atoms with van der Waals surface area (Å²) in [5.74, 6) is 1.67. The lowest BCUT2D eigenvalue weighted by molar-refractivity contribution is 0.0393. The molecular weight excluding hydrogens is 390 g/mol. The predicted molar refractivity (Wildman–Crippen MR) is 114 cm³/mol. The summed E-state index contributed by atoms with van der Waals surface area (Å²) in [6.45, 7) is 2.49. The highest BCUT2D eigenvalue weighted by atomic mass is 32.1. The number of anilines is 2. The van der Waals surface area contributed by atoms with Crippen molar-refractivity contribution in [1.29, 1.82) is 0 Å². The molecule has 3 aromatic rings. The lowest BCUT2D eigenvalue weighted by atomic mass is 10.2. The normalized spacial score (nSPS) is 14.6. The van der Waals surface area contributed by atoms with E-state index in [-0.39, 0.29) is 11.4 Å². The number of hydrogen-bond donors (Lipinski definition) is 3. The smallest absolute Gasteiger partial charge is 0.271 e. The number of benzene rings is 2. The molecule has 1 aliphatic rings. The van der Waals surface area contributed by atoms with Crippen LogP contribution in [0.4, 0.5) is 10.7 Å². The summed E-state index contributed by atoms with van der Waals surface area (Å²) in [5.41, 5.74) is 7.01. The number of nitrogens with zero attached hydrogens (tertiary/aromatic N) is 2. The average Bonchev–Trinajstić information content (AvgIpc) is 3.11. The molecule has 2 aromatic carbocycles. The monoisotopic (exact) mass is 411 g/mol. The van der Waals surface area contributed by atoms with Crippen molar-refractivity contribution in [2.45, 2.75) is 0 Å². The third-order valence-corrected chi connectivity index (χ3v) is 5.08. The van der Waals surface area contributed by atoms with Gasteiger partial charge in [-0.2, -0.15) is 5.10 Å². The van der Waals surface area contributed by atoms with E-state index >= 15 is 0 Å². The van der Waals surface area contributed by atoms with Crippen LogP contribution in [-0.4, -0.2) is 41.5 Å². The van der Waals surface area contributed by atoms with E-state index in [9.17, 15) is 4.79 Å². The largest absolute Gasteiger partial charge is 0.457 e. The fourth-order valence-corrected chi connectivity index (χ4v) is 3.61. The van der Waals surface area contributed by atoms with E-state index < -0.39 is 0 Å². The summed E-state index contributed by atoms with van der Waals surface area (Å²) < 4.78 is 13.8. The van der Waals surface area contributed by atoms with Crippen LogP contribution in [0.15, 0.2) is 64.5 Å². The number of hydrazone groups is 1. The number of aromatic nitrogens is 1. The van der Waals surface area contributed by atoms with Gasteiger partial charge in [-0.25, -0.2) is 0 Å². The van der Waals surface area contributed by atoms with Crippen LogP contribution >= 0.6 is 11.5 Å². The molecule has 0 bridgehead atoms. The van der Waals surface area contributed by atoms with Gasteiger partial charge in [0.2, 0.25) is 0 Å². The molecule has 2 heterocycles. The number of nitrogens with two attached hydrogens (primary N) is 1. The quantitative estimate of drug-likeness (QED) is 0.426. The third-order valence-electron chi connectivity index (χ3n) is 4.28. The number of rotatable bonds is 6. The first-order chi connectivity index (χ1) is 14.2. The minimum absolute atomic E-state index is 0.181. The summed E-state index contributed by atoms with van der Waals surface area (Å²) in [6.07, 6.45) is 0. The van der Waals surface area contributed by atoms with Crippen molar-refractivity contribution in [1.82, 2.24) is 9.38 Å². The minimum atomic E-state index is -0.268. The summed E-state index contributed by atoms with van der Waals surface area (Å²) in [4.78, 5) is 12.3. The highest BCUT2D eigenvalue weighted by Crippen LogP contribution is 2.26. The Balaban J connectivity index is 1.48. The van der Waals surface area contributed by atoms with E-state index in [1.54, 1.807) is 0 Å². The molecule has 0 saturated carbocycles. The van der Waals surface area contributed by atoms with Gasteiger partial charge in [0.1, 0.15) is 22.1 Å². The number of ether oxygens (including phenoxy) is 2. The van der Waals surface area contributed by atoms with Gasteiger partial charge in [-0.05, 0) is 47.9 Å². The maximum absolute atomic E-state index is 12.3. The van der Waals surface area contributed by atoms with Gasteiger partial charge in [0.25, 0.3) is 5.56 Å². The topological polar surface area (TPSA) is 105 Å². The van der Waals surface area contributed by atoms with Crippen molar-refractivity contribution < 1.29 is 9.47 Å². The van der Waals surface area contributed by atoms with Crippen molar-refractivity contribution >= 4 is 28.1 Å². The summed E-state index contributed by atoms with van der Waals surface area (Å²) >= 11 is 1.18. The number of aromatic amines is 1. The second kappa shape index (κ2) is 8.80. The second-order valence-corrected chi connectivity index (χ2v) is 7.17. The Kier molecular flexibility index (Phi) is 5.78. The van der Waals surface area contributed by atoms with Crippen LogP contribution in [0.2, 0.25) is 0 Å². The van der Waals surface area contributed by atoms with E-state index in [2.05, 4.69) is 14.8 Å². The molecule has 4 rings (SSSR count). The Morgan fingerprint density at radius 1 is 1.10 bits per heavy atom. The fraction of sp³-hybridized carbons (Fsp3) is 0.200. The van der Waals surface area contributed by atoms with Gasteiger partial charge in [-0.15, -0.1) is 0 Å². The van der Waals surface area contributed by atoms with E-state index in [0.717, 1.165) is 17.2 Å². The number of H-pyrrole nitrogens is 1. The first-order valence-electron chi connectivity index (χ1n) is 9.17. The molecule has 9 heteroatoms. The molecule has 1 fully saturated rings. The standard InChI is InChI=1S/C20H21N5O3S/c21-18(23-25-10-12-27-13-11-25)17-19(26)24-29-20(17)22-14-6-8-16(9-7-14)28-15-4-2-1-3-5-15/h1-9,22H,10-13H2,(H2,21,23)(H,24,26). The molecule has 29 heavy (non-hydrogen) atoms. The lowest BCUT2D eigenvalue weighted by Crippen LogP contribution is -2.35. The Morgan fingerprint density at radius 2 is 1.79 bits per heavy atom. The molecule has 8 nitrogen and oxygen atoms in total. The maximum Gasteiger partial charge on any atom is 0.271 e. The lowest BCUT2D eigenvalue weighted by Gasteiger charge is -2.24. The minimum Gasteiger partial charge on any atom is -0.457 e. The molecule has 1 aliphatic heterocycles. The summed E-state index contributed by atoms with van der Waals surface area (Å²) in [6, 6.07) is 17.0. The van der Waals surface area contributed by atoms with Crippen LogP contribution in [0.5, 0.6) is 11.5 Å². The van der Waals surface area contributed by atoms with Crippen molar-refractivity contribution in [3.8, 4) is 11.5 Å². The molecule has 1 saturated heterocycles. The number of amidine groups is 1. The van der Waals surface area contributed by atoms with Crippen molar-refractivity contribution in [3.05, 3.63) is 70.5 Å². The van der Waals surface area contributed by atoms with E-state index in [4.69, 9.17) is 15.2 Å². The van der Waals surface area contributed by atoms with Gasteiger partial charge in [-0.1, -0.05) is 18.2 Å². The summed E-state index contributed by atoms with van der Waals surface area (Å²) in [5, 5.41) is 10.0. The van der Waals surface area contributed by atoms with Crippen LogP contribution in [-0.2, 0) is 4.74 Å². The van der Waals surface area contributed by atoms with Gasteiger partial charge < -0.3 is 20.5 Å². The van der Waals surface area contributed by atoms with Crippen LogP contribution < -0.4 is 21.3 Å². The Morgan fingerprint density at radius 3 is 2.52 bits per heavy atom. The molecule has 150 valence electrons. The third kappa shape index (κ3) is 4.76. The molecular formula is C20H21N5O3S. The molecule has 0 unspecified atom stereocenters. The van der Waals surface area contributed by atoms with Gasteiger partial charge in [0.05, 0.1) is 26.3 Å². The highest BCUT2D eigenvalue weighted by molar-refractivity contribution is 7.10. The molecule has 0 spiro atoms. The molecule has 4 N–H and O–H groups in total. The number of hydrogen-bond acceptors (Lipinski definition) is 7. The van der Waals surface area contributed by atoms with Gasteiger partial charge in [-0.3, -0.25) is 14.2 Å². The van der Waals surface area contributed by atoms with E-state index in [0.29, 0.717) is 36.9 Å². The number of nitrogens with one attached hydrogen (secondary N) is 2. The van der Waals surface area contributed by atoms with E-state index in [1.807, 2.05) is 59.6 Å². The second-order valence-electron chi connectivity index (χ2n) is 6.35. The zero-order chi connectivity index (χ0) is 20.1.